The zero-order valence-corrected chi connectivity index (χ0v) is 15.4. The highest BCUT2D eigenvalue weighted by molar-refractivity contribution is 6.30. The molecule has 3 heterocycles. The molecule has 2 aliphatic heterocycles. The van der Waals surface area contributed by atoms with Gasteiger partial charge in [-0.25, -0.2) is 4.99 Å². The molecule has 0 spiro atoms. The van der Waals surface area contributed by atoms with Gasteiger partial charge in [0.1, 0.15) is 6.54 Å². The second-order valence-electron chi connectivity index (χ2n) is 6.58. The number of rotatable bonds is 5. The molecule has 1 aromatic carbocycles. The summed E-state index contributed by atoms with van der Waals surface area (Å²) in [6.45, 7) is 3.13. The number of aromatic nitrogens is 2. The minimum absolute atomic E-state index is 0.293. The number of hydrogen-bond donors (Lipinski definition) is 2. The van der Waals surface area contributed by atoms with Crippen molar-refractivity contribution in [1.29, 1.82) is 0 Å². The van der Waals surface area contributed by atoms with Crippen LogP contribution in [0, 0.1) is 0 Å². The summed E-state index contributed by atoms with van der Waals surface area (Å²) in [5.74, 6) is 1.72. The normalized spacial score (nSPS) is 24.8. The van der Waals surface area contributed by atoms with Crippen LogP contribution in [-0.4, -0.2) is 40.9 Å². The first-order valence-electron chi connectivity index (χ1n) is 9.00. The van der Waals surface area contributed by atoms with E-state index in [4.69, 9.17) is 20.9 Å². The first kappa shape index (κ1) is 17.3. The van der Waals surface area contributed by atoms with Gasteiger partial charge in [-0.15, -0.1) is 0 Å². The van der Waals surface area contributed by atoms with Crippen molar-refractivity contribution in [3.05, 3.63) is 35.2 Å². The summed E-state index contributed by atoms with van der Waals surface area (Å²) >= 11 is 6.01. The Kier molecular flexibility index (Phi) is 5.08. The van der Waals surface area contributed by atoms with E-state index < -0.39 is 0 Å². The van der Waals surface area contributed by atoms with Crippen molar-refractivity contribution in [2.75, 3.05) is 6.54 Å². The molecule has 2 aliphatic rings. The molecule has 0 aliphatic carbocycles. The summed E-state index contributed by atoms with van der Waals surface area (Å²) in [6, 6.07) is 7.68. The molecule has 138 valence electrons. The number of halogens is 1. The van der Waals surface area contributed by atoms with Gasteiger partial charge in [0.05, 0.1) is 18.2 Å². The zero-order valence-electron chi connectivity index (χ0n) is 14.6. The maximum atomic E-state index is 6.01. The molecule has 7 nitrogen and oxygen atoms in total. The molecular formula is C18H22ClN5O2. The van der Waals surface area contributed by atoms with Crippen LogP contribution >= 0.6 is 11.6 Å². The second-order valence-corrected chi connectivity index (χ2v) is 7.01. The molecule has 0 radical (unpaired) electrons. The Labute approximate surface area is 157 Å². The number of hydrogen-bond acceptors (Lipinski definition) is 5. The molecule has 3 unspecified atom stereocenters. The molecule has 2 saturated heterocycles. The molecule has 2 fully saturated rings. The quantitative estimate of drug-likeness (QED) is 0.617. The number of fused-ring (bicyclic) bond motifs is 2. The van der Waals surface area contributed by atoms with Gasteiger partial charge in [-0.1, -0.05) is 28.9 Å². The summed E-state index contributed by atoms with van der Waals surface area (Å²) in [7, 11) is 0. The van der Waals surface area contributed by atoms with Gasteiger partial charge in [0.25, 0.3) is 0 Å². The second kappa shape index (κ2) is 7.63. The lowest BCUT2D eigenvalue weighted by Gasteiger charge is -2.22. The van der Waals surface area contributed by atoms with Crippen LogP contribution < -0.4 is 10.6 Å². The lowest BCUT2D eigenvalue weighted by Crippen LogP contribution is -2.47. The number of ether oxygens (including phenoxy) is 1. The molecule has 3 atom stereocenters. The predicted molar refractivity (Wildman–Crippen MR) is 99.0 cm³/mol. The average Bonchev–Trinajstić information content (AvgIpc) is 3.37. The predicted octanol–water partition coefficient (Wildman–Crippen LogP) is 2.77. The largest absolute Gasteiger partial charge is 0.373 e. The Hall–Kier alpha value is -2.12. The lowest BCUT2D eigenvalue weighted by atomic mass is 9.96. The Balaban J connectivity index is 1.41. The van der Waals surface area contributed by atoms with E-state index in [2.05, 4.69) is 25.8 Å². The summed E-state index contributed by atoms with van der Waals surface area (Å²) in [6.07, 6.45) is 4.02. The van der Waals surface area contributed by atoms with Gasteiger partial charge in [-0.05, 0) is 38.3 Å². The number of aliphatic imine (C=N–C) groups is 1. The smallest absolute Gasteiger partial charge is 0.248 e. The van der Waals surface area contributed by atoms with Gasteiger partial charge in [0.15, 0.2) is 5.96 Å². The van der Waals surface area contributed by atoms with Gasteiger partial charge in [-0.3, -0.25) is 0 Å². The fraction of sp³-hybridized carbons (Fsp3) is 0.500. The van der Waals surface area contributed by atoms with Crippen molar-refractivity contribution in [2.45, 2.75) is 51.0 Å². The minimum atomic E-state index is 0.293. The van der Waals surface area contributed by atoms with Crippen LogP contribution in [0.3, 0.4) is 0 Å². The molecule has 0 saturated carbocycles. The average molecular weight is 376 g/mol. The molecule has 2 aromatic rings. The van der Waals surface area contributed by atoms with Crippen LogP contribution in [-0.2, 0) is 11.3 Å². The maximum absolute atomic E-state index is 6.01. The van der Waals surface area contributed by atoms with E-state index in [0.717, 1.165) is 30.9 Å². The first-order valence-corrected chi connectivity index (χ1v) is 9.38. The van der Waals surface area contributed by atoms with Crippen molar-refractivity contribution < 1.29 is 9.26 Å². The number of nitrogens with one attached hydrogen (secondary N) is 2. The Morgan fingerprint density at radius 3 is 3.04 bits per heavy atom. The number of nitrogens with zero attached hydrogens (tertiary/aromatic N) is 3. The number of benzene rings is 1. The van der Waals surface area contributed by atoms with Crippen molar-refractivity contribution in [2.24, 2.45) is 4.99 Å². The van der Waals surface area contributed by atoms with Gasteiger partial charge in [0.2, 0.25) is 11.7 Å². The van der Waals surface area contributed by atoms with Crippen LogP contribution in [0.15, 0.2) is 33.8 Å². The topological polar surface area (TPSA) is 84.6 Å². The van der Waals surface area contributed by atoms with Crippen molar-refractivity contribution in [3.8, 4) is 11.4 Å². The molecular weight excluding hydrogens is 354 g/mol. The van der Waals surface area contributed by atoms with E-state index in [1.54, 1.807) is 6.07 Å². The van der Waals surface area contributed by atoms with Gasteiger partial charge in [-0.2, -0.15) is 4.98 Å². The van der Waals surface area contributed by atoms with Crippen LogP contribution in [0.5, 0.6) is 0 Å². The third kappa shape index (κ3) is 3.83. The first-order chi connectivity index (χ1) is 12.7. The molecule has 8 heteroatoms. The lowest BCUT2D eigenvalue weighted by molar-refractivity contribution is 0.0992. The van der Waals surface area contributed by atoms with E-state index in [1.165, 1.54) is 6.42 Å². The third-order valence-electron chi connectivity index (χ3n) is 4.70. The van der Waals surface area contributed by atoms with Crippen LogP contribution in [0.2, 0.25) is 5.02 Å². The molecule has 4 rings (SSSR count). The fourth-order valence-electron chi connectivity index (χ4n) is 3.50. The molecule has 1 aromatic heterocycles. The molecule has 2 N–H and O–H groups in total. The monoisotopic (exact) mass is 375 g/mol. The fourth-order valence-corrected chi connectivity index (χ4v) is 3.69. The highest BCUT2D eigenvalue weighted by Gasteiger charge is 2.41. The summed E-state index contributed by atoms with van der Waals surface area (Å²) in [5, 5.41) is 11.4. The Bertz CT molecular complexity index is 793. The van der Waals surface area contributed by atoms with Crippen LogP contribution in [0.4, 0.5) is 0 Å². The van der Waals surface area contributed by atoms with E-state index in [0.29, 0.717) is 41.5 Å². The highest BCUT2D eigenvalue weighted by Crippen LogP contribution is 2.34. The van der Waals surface area contributed by atoms with Crippen molar-refractivity contribution >= 4 is 17.6 Å². The Morgan fingerprint density at radius 1 is 1.38 bits per heavy atom. The van der Waals surface area contributed by atoms with E-state index >= 15 is 0 Å². The van der Waals surface area contributed by atoms with E-state index in [-0.39, 0.29) is 0 Å². The van der Waals surface area contributed by atoms with Gasteiger partial charge in [0, 0.05) is 17.1 Å². The standard InChI is InChI=1S/C18H22ClN5O2/c1-2-20-18(22-14-9-13-6-7-15(14)25-13)21-10-16-23-17(24-26-16)11-4-3-5-12(19)8-11/h3-5,8,13-15H,2,6-7,9-10H2,1H3,(H2,20,21,22). The molecule has 0 amide bonds. The summed E-state index contributed by atoms with van der Waals surface area (Å²) in [5.41, 5.74) is 0.820. The maximum Gasteiger partial charge on any atom is 0.248 e. The van der Waals surface area contributed by atoms with Crippen LogP contribution in [0.25, 0.3) is 11.4 Å². The number of guanidine groups is 1. The Morgan fingerprint density at radius 2 is 2.31 bits per heavy atom. The van der Waals surface area contributed by atoms with Gasteiger partial charge < -0.3 is 19.9 Å². The third-order valence-corrected chi connectivity index (χ3v) is 4.93. The van der Waals surface area contributed by atoms with Crippen molar-refractivity contribution in [1.82, 2.24) is 20.8 Å². The van der Waals surface area contributed by atoms with E-state index in [1.807, 2.05) is 25.1 Å². The summed E-state index contributed by atoms with van der Waals surface area (Å²) in [4.78, 5) is 8.97. The van der Waals surface area contributed by atoms with Gasteiger partial charge >= 0.3 is 0 Å². The highest BCUT2D eigenvalue weighted by atomic mass is 35.5. The minimum Gasteiger partial charge on any atom is -0.373 e. The molecule has 2 bridgehead atoms. The van der Waals surface area contributed by atoms with Crippen molar-refractivity contribution in [3.63, 3.8) is 0 Å². The van der Waals surface area contributed by atoms with E-state index in [9.17, 15) is 0 Å². The van der Waals surface area contributed by atoms with Crippen LogP contribution in [0.1, 0.15) is 32.1 Å². The molecule has 26 heavy (non-hydrogen) atoms. The summed E-state index contributed by atoms with van der Waals surface area (Å²) < 4.78 is 11.2. The zero-order chi connectivity index (χ0) is 17.9. The SMILES string of the molecule is CCNC(=NCc1nc(-c2cccc(Cl)c2)no1)NC1CC2CCC1O2.